The maximum Gasteiger partial charge on any atom is 0.287 e. The van der Waals surface area contributed by atoms with Crippen LogP contribution in [0, 0.1) is 5.82 Å². The molecule has 1 aromatic heterocycles. The quantitative estimate of drug-likeness (QED) is 0.846. The van der Waals surface area contributed by atoms with Crippen LogP contribution in [0.5, 0.6) is 0 Å². The van der Waals surface area contributed by atoms with Crippen LogP contribution in [-0.2, 0) is 0 Å². The predicted molar refractivity (Wildman–Crippen MR) is 83.1 cm³/mol. The van der Waals surface area contributed by atoms with Crippen LogP contribution in [0.2, 0.25) is 0 Å². The highest BCUT2D eigenvalue weighted by molar-refractivity contribution is 5.92. The Kier molecular flexibility index (Phi) is 4.56. The molecule has 0 aliphatic heterocycles. The number of benzene rings is 1. The minimum Gasteiger partial charge on any atom is -0.451 e. The van der Waals surface area contributed by atoms with Gasteiger partial charge in [0.2, 0.25) is 0 Å². The van der Waals surface area contributed by atoms with Crippen LogP contribution in [-0.4, -0.2) is 11.9 Å². The Hall–Kier alpha value is -2.10. The van der Waals surface area contributed by atoms with Gasteiger partial charge in [0.1, 0.15) is 11.6 Å². The van der Waals surface area contributed by atoms with Crippen molar-refractivity contribution in [1.82, 2.24) is 5.32 Å². The van der Waals surface area contributed by atoms with E-state index in [0.717, 1.165) is 25.7 Å². The van der Waals surface area contributed by atoms with Gasteiger partial charge in [-0.3, -0.25) is 4.79 Å². The number of hydrogen-bond donors (Lipinski definition) is 1. The third kappa shape index (κ3) is 3.38. The number of hydrogen-bond acceptors (Lipinski definition) is 2. The van der Waals surface area contributed by atoms with Crippen molar-refractivity contribution >= 4 is 5.91 Å². The van der Waals surface area contributed by atoms with Gasteiger partial charge in [0.15, 0.2) is 5.76 Å². The van der Waals surface area contributed by atoms with Crippen LogP contribution in [0.25, 0.3) is 11.3 Å². The Bertz CT molecular complexity index is 642. The number of halogens is 1. The fourth-order valence-electron chi connectivity index (χ4n) is 2.95. The van der Waals surface area contributed by atoms with E-state index in [9.17, 15) is 9.18 Å². The molecule has 2 aromatic rings. The standard InChI is InChI=1S/C18H20FNO2/c19-15-10-6-5-9-14(15)16-11-12-17(22-16)18(21)20-13-7-3-1-2-4-8-13/h5-6,9-13H,1-4,7-8H2,(H,20,21). The number of carbonyl (C=O) groups is 1. The van der Waals surface area contributed by atoms with Gasteiger partial charge in [0, 0.05) is 6.04 Å². The summed E-state index contributed by atoms with van der Waals surface area (Å²) in [5.41, 5.74) is 0.371. The number of carbonyl (C=O) groups excluding carboxylic acids is 1. The van der Waals surface area contributed by atoms with E-state index in [1.54, 1.807) is 30.3 Å². The molecule has 1 aromatic carbocycles. The first-order valence-electron chi connectivity index (χ1n) is 7.89. The lowest BCUT2D eigenvalue weighted by atomic mass is 10.1. The van der Waals surface area contributed by atoms with Crippen molar-refractivity contribution in [2.45, 2.75) is 44.6 Å². The number of nitrogens with one attached hydrogen (secondary N) is 1. The smallest absolute Gasteiger partial charge is 0.287 e. The zero-order valence-electron chi connectivity index (χ0n) is 12.5. The molecule has 1 amide bonds. The lowest BCUT2D eigenvalue weighted by Crippen LogP contribution is -2.34. The van der Waals surface area contributed by atoms with Gasteiger partial charge in [-0.25, -0.2) is 4.39 Å². The highest BCUT2D eigenvalue weighted by atomic mass is 19.1. The van der Waals surface area contributed by atoms with Gasteiger partial charge in [-0.2, -0.15) is 0 Å². The third-order valence-electron chi connectivity index (χ3n) is 4.16. The molecule has 0 atom stereocenters. The summed E-state index contributed by atoms with van der Waals surface area (Å²) in [6, 6.07) is 9.85. The summed E-state index contributed by atoms with van der Waals surface area (Å²) in [7, 11) is 0. The zero-order valence-corrected chi connectivity index (χ0v) is 12.5. The highest BCUT2D eigenvalue weighted by Gasteiger charge is 2.19. The van der Waals surface area contributed by atoms with Crippen LogP contribution in [0.3, 0.4) is 0 Å². The van der Waals surface area contributed by atoms with Crippen molar-refractivity contribution in [3.05, 3.63) is 48.0 Å². The Labute approximate surface area is 129 Å². The van der Waals surface area contributed by atoms with Gasteiger partial charge < -0.3 is 9.73 Å². The second-order valence-corrected chi connectivity index (χ2v) is 5.81. The average Bonchev–Trinajstić information content (AvgIpc) is 2.87. The third-order valence-corrected chi connectivity index (χ3v) is 4.16. The molecule has 0 radical (unpaired) electrons. The molecule has 0 bridgehead atoms. The Morgan fingerprint density at radius 3 is 2.50 bits per heavy atom. The SMILES string of the molecule is O=C(NC1CCCCCC1)c1ccc(-c2ccccc2F)o1. The average molecular weight is 301 g/mol. The first kappa shape index (κ1) is 14.8. The molecule has 1 fully saturated rings. The monoisotopic (exact) mass is 301 g/mol. The van der Waals surface area contributed by atoms with Gasteiger partial charge in [0.05, 0.1) is 5.56 Å². The predicted octanol–water partition coefficient (Wildman–Crippen LogP) is 4.54. The van der Waals surface area contributed by atoms with Crippen LogP contribution in [0.4, 0.5) is 4.39 Å². The van der Waals surface area contributed by atoms with Crippen molar-refractivity contribution in [2.24, 2.45) is 0 Å². The summed E-state index contributed by atoms with van der Waals surface area (Å²) in [6.45, 7) is 0. The van der Waals surface area contributed by atoms with Gasteiger partial charge in [-0.1, -0.05) is 37.8 Å². The van der Waals surface area contributed by atoms with Crippen LogP contribution >= 0.6 is 0 Å². The Morgan fingerprint density at radius 2 is 1.77 bits per heavy atom. The minimum absolute atomic E-state index is 0.213. The lowest BCUT2D eigenvalue weighted by Gasteiger charge is -2.14. The topological polar surface area (TPSA) is 42.2 Å². The molecule has 3 nitrogen and oxygen atoms in total. The largest absolute Gasteiger partial charge is 0.451 e. The normalized spacial score (nSPS) is 16.2. The van der Waals surface area contributed by atoms with Crippen LogP contribution in [0.1, 0.15) is 49.1 Å². The Balaban J connectivity index is 1.70. The van der Waals surface area contributed by atoms with Gasteiger partial charge in [-0.05, 0) is 37.1 Å². The highest BCUT2D eigenvalue weighted by Crippen LogP contribution is 2.25. The first-order chi connectivity index (χ1) is 10.7. The molecule has 4 heteroatoms. The summed E-state index contributed by atoms with van der Waals surface area (Å²) in [6.07, 6.45) is 6.83. The molecule has 3 rings (SSSR count). The summed E-state index contributed by atoms with van der Waals surface area (Å²) in [5, 5.41) is 3.03. The van der Waals surface area contributed by atoms with E-state index in [2.05, 4.69) is 5.32 Å². The zero-order chi connectivity index (χ0) is 15.4. The summed E-state index contributed by atoms with van der Waals surface area (Å²) >= 11 is 0. The van der Waals surface area contributed by atoms with Crippen molar-refractivity contribution in [2.75, 3.05) is 0 Å². The van der Waals surface area contributed by atoms with Crippen LogP contribution in [0.15, 0.2) is 40.8 Å². The number of amides is 1. The van der Waals surface area contributed by atoms with Crippen LogP contribution < -0.4 is 5.32 Å². The summed E-state index contributed by atoms with van der Waals surface area (Å²) < 4.78 is 19.3. The molecule has 0 spiro atoms. The van der Waals surface area contributed by atoms with Crippen molar-refractivity contribution in [3.8, 4) is 11.3 Å². The summed E-state index contributed by atoms with van der Waals surface area (Å²) in [4.78, 5) is 12.3. The van der Waals surface area contributed by atoms with Gasteiger partial charge >= 0.3 is 0 Å². The summed E-state index contributed by atoms with van der Waals surface area (Å²) in [5.74, 6) is 0.0497. The van der Waals surface area contributed by atoms with Gasteiger partial charge in [-0.15, -0.1) is 0 Å². The first-order valence-corrected chi connectivity index (χ1v) is 7.89. The minimum atomic E-state index is -0.354. The van der Waals surface area contributed by atoms with E-state index in [4.69, 9.17) is 4.42 Å². The van der Waals surface area contributed by atoms with Crippen molar-refractivity contribution in [1.29, 1.82) is 0 Å². The fourth-order valence-corrected chi connectivity index (χ4v) is 2.95. The molecule has 22 heavy (non-hydrogen) atoms. The molecule has 1 aliphatic carbocycles. The molecular weight excluding hydrogens is 281 g/mol. The maximum atomic E-state index is 13.7. The van der Waals surface area contributed by atoms with E-state index in [0.29, 0.717) is 11.3 Å². The molecule has 116 valence electrons. The van der Waals surface area contributed by atoms with E-state index in [-0.39, 0.29) is 23.5 Å². The molecule has 1 aliphatic rings. The molecule has 1 N–H and O–H groups in total. The Morgan fingerprint density at radius 1 is 1.05 bits per heavy atom. The molecular formula is C18H20FNO2. The van der Waals surface area contributed by atoms with E-state index in [1.165, 1.54) is 18.9 Å². The molecule has 1 heterocycles. The van der Waals surface area contributed by atoms with E-state index >= 15 is 0 Å². The van der Waals surface area contributed by atoms with E-state index < -0.39 is 0 Å². The fraction of sp³-hybridized carbons (Fsp3) is 0.389. The van der Waals surface area contributed by atoms with Gasteiger partial charge in [0.25, 0.3) is 5.91 Å². The number of rotatable bonds is 3. The lowest BCUT2D eigenvalue weighted by molar-refractivity contribution is 0.0906. The molecule has 0 unspecified atom stereocenters. The maximum absolute atomic E-state index is 13.7. The van der Waals surface area contributed by atoms with E-state index in [1.807, 2.05) is 0 Å². The molecule has 0 saturated heterocycles. The second-order valence-electron chi connectivity index (χ2n) is 5.81. The molecule has 1 saturated carbocycles. The second kappa shape index (κ2) is 6.77. The van der Waals surface area contributed by atoms with Crippen molar-refractivity contribution in [3.63, 3.8) is 0 Å². The van der Waals surface area contributed by atoms with Crippen molar-refractivity contribution < 1.29 is 13.6 Å². The number of furan rings is 1.